The van der Waals surface area contributed by atoms with Crippen molar-refractivity contribution in [1.29, 1.82) is 0 Å². The number of halogens is 1. The molecule has 21 heavy (non-hydrogen) atoms. The molecule has 8 heteroatoms. The van der Waals surface area contributed by atoms with Crippen LogP contribution in [0.1, 0.15) is 12.8 Å². The topological polar surface area (TPSA) is 92.9 Å². The van der Waals surface area contributed by atoms with Gasteiger partial charge in [-0.2, -0.15) is 0 Å². The predicted octanol–water partition coefficient (Wildman–Crippen LogP) is 1.80. The monoisotopic (exact) mass is 298 g/mol. The fourth-order valence-corrected chi connectivity index (χ4v) is 2.32. The van der Waals surface area contributed by atoms with Gasteiger partial charge in [-0.05, 0) is 18.9 Å². The van der Waals surface area contributed by atoms with Crippen molar-refractivity contribution < 1.29 is 24.0 Å². The maximum Gasteiger partial charge on any atom is 0.329 e. The maximum absolute atomic E-state index is 13.9. The molecule has 2 rings (SSSR count). The number of non-ortho nitro benzene ring substituents is 1. The fourth-order valence-electron chi connectivity index (χ4n) is 2.32. The summed E-state index contributed by atoms with van der Waals surface area (Å²) in [5.41, 5.74) is 0.0354. The number of hydrogen-bond acceptors (Lipinski definition) is 5. The molecule has 1 aromatic carbocycles. The molecule has 0 unspecified atom stereocenters. The fraction of sp³-hybridized carbons (Fsp3) is 0.462. The molecule has 0 bridgehead atoms. The van der Waals surface area contributed by atoms with E-state index >= 15 is 0 Å². The summed E-state index contributed by atoms with van der Waals surface area (Å²) in [6.07, 6.45) is 1.02. The second-order valence-corrected chi connectivity index (χ2v) is 4.78. The van der Waals surface area contributed by atoms with Gasteiger partial charge in [-0.15, -0.1) is 0 Å². The van der Waals surface area contributed by atoms with E-state index in [-0.39, 0.29) is 18.4 Å². The number of piperidine rings is 1. The first kappa shape index (κ1) is 15.2. The Morgan fingerprint density at radius 2 is 2.14 bits per heavy atom. The van der Waals surface area contributed by atoms with Crippen LogP contribution in [0.25, 0.3) is 0 Å². The van der Waals surface area contributed by atoms with Gasteiger partial charge in [-0.25, -0.2) is 9.18 Å². The third-order valence-electron chi connectivity index (χ3n) is 3.37. The average Bonchev–Trinajstić information content (AvgIpc) is 2.45. The Kier molecular flexibility index (Phi) is 4.69. The number of nitro groups is 1. The van der Waals surface area contributed by atoms with Gasteiger partial charge in [-0.1, -0.05) is 0 Å². The largest absolute Gasteiger partial charge is 0.480 e. The summed E-state index contributed by atoms with van der Waals surface area (Å²) in [5, 5.41) is 19.1. The van der Waals surface area contributed by atoms with Gasteiger partial charge < -0.3 is 14.7 Å². The summed E-state index contributed by atoms with van der Waals surface area (Å²) in [6, 6.07) is 3.57. The van der Waals surface area contributed by atoms with Gasteiger partial charge in [0, 0.05) is 19.2 Å². The van der Waals surface area contributed by atoms with E-state index < -0.39 is 16.7 Å². The van der Waals surface area contributed by atoms with Crippen LogP contribution in [-0.2, 0) is 9.53 Å². The number of aliphatic carboxylic acids is 1. The van der Waals surface area contributed by atoms with Crippen molar-refractivity contribution >= 4 is 17.3 Å². The highest BCUT2D eigenvalue weighted by molar-refractivity contribution is 5.68. The van der Waals surface area contributed by atoms with Crippen LogP contribution in [-0.4, -0.2) is 41.8 Å². The van der Waals surface area contributed by atoms with E-state index in [2.05, 4.69) is 0 Å². The maximum atomic E-state index is 13.9. The SMILES string of the molecule is O=C(O)COC1CCN(c2ccc([N+](=O)[O-])cc2F)CC1. The van der Waals surface area contributed by atoms with Gasteiger partial charge in [0.05, 0.1) is 22.8 Å². The number of anilines is 1. The number of hydrogen-bond donors (Lipinski definition) is 1. The Morgan fingerprint density at radius 1 is 1.48 bits per heavy atom. The highest BCUT2D eigenvalue weighted by atomic mass is 19.1. The van der Waals surface area contributed by atoms with Crippen molar-refractivity contribution in [2.75, 3.05) is 24.6 Å². The van der Waals surface area contributed by atoms with E-state index in [4.69, 9.17) is 9.84 Å². The first-order valence-electron chi connectivity index (χ1n) is 6.49. The lowest BCUT2D eigenvalue weighted by Crippen LogP contribution is -2.38. The molecule has 1 aromatic rings. The van der Waals surface area contributed by atoms with Crippen LogP contribution in [0.2, 0.25) is 0 Å². The van der Waals surface area contributed by atoms with Gasteiger partial charge in [0.25, 0.3) is 5.69 Å². The van der Waals surface area contributed by atoms with Gasteiger partial charge in [0.1, 0.15) is 6.61 Å². The Hall–Kier alpha value is -2.22. The van der Waals surface area contributed by atoms with Crippen LogP contribution in [0.5, 0.6) is 0 Å². The molecular weight excluding hydrogens is 283 g/mol. The number of nitro benzene ring substituents is 1. The Bertz CT molecular complexity index is 543. The molecule has 7 nitrogen and oxygen atoms in total. The zero-order valence-electron chi connectivity index (χ0n) is 11.2. The van der Waals surface area contributed by atoms with Crippen molar-refractivity contribution in [2.24, 2.45) is 0 Å². The second-order valence-electron chi connectivity index (χ2n) is 4.78. The number of ether oxygens (including phenoxy) is 1. The molecule has 0 amide bonds. The second kappa shape index (κ2) is 6.49. The molecule has 0 aromatic heterocycles. The lowest BCUT2D eigenvalue weighted by atomic mass is 10.1. The summed E-state index contributed by atoms with van der Waals surface area (Å²) in [6.45, 7) is 0.689. The molecular formula is C13H15FN2O5. The van der Waals surface area contributed by atoms with Crippen LogP contribution >= 0.6 is 0 Å². The Labute approximate surface area is 120 Å². The van der Waals surface area contributed by atoms with E-state index in [0.29, 0.717) is 31.6 Å². The zero-order chi connectivity index (χ0) is 15.4. The predicted molar refractivity (Wildman–Crippen MR) is 71.9 cm³/mol. The summed E-state index contributed by atoms with van der Waals surface area (Å²) in [7, 11) is 0. The number of nitrogens with zero attached hydrogens (tertiary/aromatic N) is 2. The molecule has 1 heterocycles. The first-order valence-corrected chi connectivity index (χ1v) is 6.49. The van der Waals surface area contributed by atoms with Crippen molar-refractivity contribution in [1.82, 2.24) is 0 Å². The van der Waals surface area contributed by atoms with Gasteiger partial charge in [0.2, 0.25) is 0 Å². The van der Waals surface area contributed by atoms with Crippen LogP contribution in [0.3, 0.4) is 0 Å². The van der Waals surface area contributed by atoms with Crippen molar-refractivity contribution in [3.63, 3.8) is 0 Å². The summed E-state index contributed by atoms with van der Waals surface area (Å²) < 4.78 is 19.1. The van der Waals surface area contributed by atoms with Crippen LogP contribution in [0.15, 0.2) is 18.2 Å². The molecule has 1 aliphatic heterocycles. The van der Waals surface area contributed by atoms with E-state index in [1.54, 1.807) is 4.90 Å². The van der Waals surface area contributed by atoms with Crippen molar-refractivity contribution in [3.05, 3.63) is 34.1 Å². The number of benzene rings is 1. The molecule has 114 valence electrons. The third kappa shape index (κ3) is 3.88. The molecule has 0 radical (unpaired) electrons. The summed E-state index contributed by atoms with van der Waals surface area (Å²) in [5.74, 6) is -1.65. The Morgan fingerprint density at radius 3 is 2.67 bits per heavy atom. The van der Waals surface area contributed by atoms with Crippen LogP contribution < -0.4 is 4.90 Å². The quantitative estimate of drug-likeness (QED) is 0.658. The third-order valence-corrected chi connectivity index (χ3v) is 3.37. The van der Waals surface area contributed by atoms with Gasteiger partial charge >= 0.3 is 5.97 Å². The van der Waals surface area contributed by atoms with Crippen molar-refractivity contribution in [2.45, 2.75) is 18.9 Å². The minimum atomic E-state index is -1.01. The number of carboxylic acids is 1. The smallest absolute Gasteiger partial charge is 0.329 e. The standard InChI is InChI=1S/C13H15FN2O5/c14-11-7-9(16(19)20)1-2-12(11)15-5-3-10(4-6-15)21-8-13(17)18/h1-2,7,10H,3-6,8H2,(H,17,18). The number of carboxylic acid groups (broad SMARTS) is 1. The minimum absolute atomic E-state index is 0.154. The normalized spacial score (nSPS) is 16.0. The van der Waals surface area contributed by atoms with Crippen LogP contribution in [0.4, 0.5) is 15.8 Å². The van der Waals surface area contributed by atoms with E-state index in [1.165, 1.54) is 12.1 Å². The molecule has 0 spiro atoms. The van der Waals surface area contributed by atoms with E-state index in [0.717, 1.165) is 6.07 Å². The minimum Gasteiger partial charge on any atom is -0.480 e. The number of rotatable bonds is 5. The summed E-state index contributed by atoms with van der Waals surface area (Å²) >= 11 is 0. The molecule has 0 atom stereocenters. The summed E-state index contributed by atoms with van der Waals surface area (Å²) in [4.78, 5) is 22.1. The van der Waals surface area contributed by atoms with Gasteiger partial charge in [0.15, 0.2) is 5.82 Å². The highest BCUT2D eigenvalue weighted by Crippen LogP contribution is 2.27. The van der Waals surface area contributed by atoms with E-state index in [1.807, 2.05) is 0 Å². The Balaban J connectivity index is 1.96. The molecule has 1 fully saturated rings. The zero-order valence-corrected chi connectivity index (χ0v) is 11.2. The lowest BCUT2D eigenvalue weighted by Gasteiger charge is -2.33. The number of carbonyl (C=O) groups is 1. The molecule has 1 aliphatic rings. The first-order chi connectivity index (χ1) is 9.97. The van der Waals surface area contributed by atoms with Crippen molar-refractivity contribution in [3.8, 4) is 0 Å². The molecule has 0 saturated carbocycles. The van der Waals surface area contributed by atoms with E-state index in [9.17, 15) is 19.3 Å². The molecule has 1 N–H and O–H groups in total. The van der Waals surface area contributed by atoms with Gasteiger partial charge in [-0.3, -0.25) is 10.1 Å². The molecule has 0 aliphatic carbocycles. The highest BCUT2D eigenvalue weighted by Gasteiger charge is 2.23. The average molecular weight is 298 g/mol. The van der Waals surface area contributed by atoms with Crippen LogP contribution in [0, 0.1) is 15.9 Å². The molecule has 1 saturated heterocycles. The lowest BCUT2D eigenvalue weighted by molar-refractivity contribution is -0.385.